The van der Waals surface area contributed by atoms with Crippen molar-refractivity contribution in [3.8, 4) is 11.3 Å². The molecule has 2 aromatic heterocycles. The highest BCUT2D eigenvalue weighted by molar-refractivity contribution is 7.98. The van der Waals surface area contributed by atoms with Crippen LogP contribution in [-0.4, -0.2) is 27.0 Å². The molecule has 0 bridgehead atoms. The van der Waals surface area contributed by atoms with Gasteiger partial charge in [0.15, 0.2) is 16.7 Å². The van der Waals surface area contributed by atoms with Crippen molar-refractivity contribution < 1.29 is 9.15 Å². The highest BCUT2D eigenvalue weighted by Gasteiger charge is 2.10. The second-order valence-corrected chi connectivity index (χ2v) is 6.12. The van der Waals surface area contributed by atoms with Crippen LogP contribution in [0.4, 0.5) is 5.95 Å². The quantitative estimate of drug-likeness (QED) is 0.666. The first-order chi connectivity index (χ1) is 11.6. The molecule has 2 N–H and O–H groups in total. The molecule has 3 aromatic rings. The van der Waals surface area contributed by atoms with Crippen LogP contribution in [0.3, 0.4) is 0 Å². The van der Waals surface area contributed by atoms with Gasteiger partial charge in [0.25, 0.3) is 0 Å². The molecule has 0 saturated carbocycles. The monoisotopic (exact) mass is 363 g/mol. The number of methoxy groups -OCH3 is 1. The van der Waals surface area contributed by atoms with Crippen LogP contribution in [0.15, 0.2) is 40.0 Å². The minimum atomic E-state index is 0.159. The maximum absolute atomic E-state index is 5.99. The Bertz CT molecular complexity index is 842. The first kappa shape index (κ1) is 16.7. The Hall–Kier alpha value is -2.16. The molecule has 0 radical (unpaired) electrons. The average molecular weight is 364 g/mol. The molecule has 0 aliphatic heterocycles. The summed E-state index contributed by atoms with van der Waals surface area (Å²) in [7, 11) is 1.57. The fraction of sp³-hybridized carbons (Fsp3) is 0.200. The van der Waals surface area contributed by atoms with Crippen LogP contribution in [0.1, 0.15) is 11.7 Å². The fourth-order valence-corrected chi connectivity index (χ4v) is 2.86. The summed E-state index contributed by atoms with van der Waals surface area (Å²) in [5, 5.41) is 1.14. The van der Waals surface area contributed by atoms with E-state index in [1.54, 1.807) is 19.4 Å². The molecule has 0 aliphatic rings. The summed E-state index contributed by atoms with van der Waals surface area (Å²) in [6.45, 7) is 0.276. The maximum Gasteiger partial charge on any atom is 0.224 e. The molecular formula is C15H14ClN5O2S. The smallest absolute Gasteiger partial charge is 0.224 e. The van der Waals surface area contributed by atoms with E-state index in [2.05, 4.69) is 19.9 Å². The Morgan fingerprint density at radius 1 is 1.29 bits per heavy atom. The first-order valence-electron chi connectivity index (χ1n) is 6.97. The van der Waals surface area contributed by atoms with Gasteiger partial charge in [0.2, 0.25) is 11.8 Å². The number of nitrogen functional groups attached to an aromatic ring is 1. The zero-order valence-corrected chi connectivity index (χ0v) is 14.3. The third-order valence-electron chi connectivity index (χ3n) is 2.94. The van der Waals surface area contributed by atoms with Gasteiger partial charge in [-0.3, -0.25) is 0 Å². The lowest BCUT2D eigenvalue weighted by Crippen LogP contribution is -2.05. The molecule has 0 amide bonds. The topological polar surface area (TPSA) is 100.0 Å². The molecule has 0 aliphatic carbocycles. The summed E-state index contributed by atoms with van der Waals surface area (Å²) in [5.74, 6) is 2.33. The Morgan fingerprint density at radius 2 is 2.17 bits per heavy atom. The number of ether oxygens (including phenoxy) is 1. The third kappa shape index (κ3) is 4.22. The van der Waals surface area contributed by atoms with Crippen molar-refractivity contribution in [2.75, 3.05) is 12.8 Å². The van der Waals surface area contributed by atoms with E-state index in [9.17, 15) is 0 Å². The van der Waals surface area contributed by atoms with E-state index >= 15 is 0 Å². The second kappa shape index (κ2) is 7.61. The molecule has 3 rings (SSSR count). The Labute approximate surface area is 147 Å². The van der Waals surface area contributed by atoms with Crippen LogP contribution < -0.4 is 5.73 Å². The largest absolute Gasteiger partial charge is 0.440 e. The van der Waals surface area contributed by atoms with Gasteiger partial charge in [-0.15, -0.1) is 0 Å². The maximum atomic E-state index is 5.99. The van der Waals surface area contributed by atoms with E-state index in [-0.39, 0.29) is 12.6 Å². The molecule has 124 valence electrons. The van der Waals surface area contributed by atoms with E-state index in [4.69, 9.17) is 26.5 Å². The minimum Gasteiger partial charge on any atom is -0.440 e. The lowest BCUT2D eigenvalue weighted by Gasteiger charge is -2.02. The van der Waals surface area contributed by atoms with Gasteiger partial charge in [0.1, 0.15) is 6.61 Å². The zero-order chi connectivity index (χ0) is 16.9. The number of oxazole rings is 1. The predicted octanol–water partition coefficient (Wildman–Crippen LogP) is 3.20. The molecule has 0 saturated heterocycles. The Kier molecular flexibility index (Phi) is 5.29. The summed E-state index contributed by atoms with van der Waals surface area (Å²) in [5.41, 5.74) is 6.54. The summed E-state index contributed by atoms with van der Waals surface area (Å²) in [6, 6.07) is 7.40. The standard InChI is InChI=1S/C15H14ClN5O2S/c1-22-7-12-19-14(17)21-15(20-12)24-8-13-18-6-11(23-13)9-3-2-4-10(16)5-9/h2-6H,7-8H2,1H3,(H2,17,19,20,21). The number of hydrogen-bond acceptors (Lipinski definition) is 8. The van der Waals surface area contributed by atoms with Gasteiger partial charge in [-0.25, -0.2) is 9.97 Å². The van der Waals surface area contributed by atoms with Crippen LogP contribution in [0, 0.1) is 0 Å². The summed E-state index contributed by atoms with van der Waals surface area (Å²) >= 11 is 7.35. The van der Waals surface area contributed by atoms with E-state index in [1.165, 1.54) is 11.8 Å². The van der Waals surface area contributed by atoms with E-state index < -0.39 is 0 Å². The van der Waals surface area contributed by atoms with Crippen LogP contribution in [0.2, 0.25) is 5.02 Å². The fourth-order valence-electron chi connectivity index (χ4n) is 1.95. The van der Waals surface area contributed by atoms with Crippen LogP contribution in [0.25, 0.3) is 11.3 Å². The van der Waals surface area contributed by atoms with Gasteiger partial charge < -0.3 is 14.9 Å². The second-order valence-electron chi connectivity index (χ2n) is 4.74. The van der Waals surface area contributed by atoms with Crippen LogP contribution in [-0.2, 0) is 17.1 Å². The number of rotatable bonds is 6. The average Bonchev–Trinajstić information content (AvgIpc) is 3.02. The number of aromatic nitrogens is 4. The lowest BCUT2D eigenvalue weighted by atomic mass is 10.2. The number of benzene rings is 1. The van der Waals surface area contributed by atoms with Crippen molar-refractivity contribution >= 4 is 29.3 Å². The van der Waals surface area contributed by atoms with Crippen LogP contribution >= 0.6 is 23.4 Å². The number of thioether (sulfide) groups is 1. The van der Waals surface area contributed by atoms with Crippen molar-refractivity contribution in [1.82, 2.24) is 19.9 Å². The van der Waals surface area contributed by atoms with E-state index in [0.717, 1.165) is 5.56 Å². The molecule has 7 nitrogen and oxygen atoms in total. The summed E-state index contributed by atoms with van der Waals surface area (Å²) in [6.07, 6.45) is 1.67. The normalized spacial score (nSPS) is 10.9. The minimum absolute atomic E-state index is 0.159. The van der Waals surface area contributed by atoms with Crippen molar-refractivity contribution in [3.05, 3.63) is 47.2 Å². The van der Waals surface area contributed by atoms with Gasteiger partial charge in [-0.05, 0) is 12.1 Å². The molecule has 0 fully saturated rings. The molecule has 1 aromatic carbocycles. The number of hydrogen-bond donors (Lipinski definition) is 1. The van der Waals surface area contributed by atoms with Crippen LogP contribution in [0.5, 0.6) is 0 Å². The Morgan fingerprint density at radius 3 is 2.96 bits per heavy atom. The molecule has 0 spiro atoms. The molecule has 24 heavy (non-hydrogen) atoms. The van der Waals surface area contributed by atoms with Gasteiger partial charge in [-0.2, -0.15) is 9.97 Å². The third-order valence-corrected chi connectivity index (χ3v) is 4.01. The van der Waals surface area contributed by atoms with Crippen molar-refractivity contribution in [2.45, 2.75) is 17.5 Å². The SMILES string of the molecule is COCc1nc(N)nc(SCc2ncc(-c3cccc(Cl)c3)o2)n1. The van der Waals surface area contributed by atoms with Gasteiger partial charge in [0, 0.05) is 17.7 Å². The lowest BCUT2D eigenvalue weighted by molar-refractivity contribution is 0.177. The summed E-state index contributed by atoms with van der Waals surface area (Å²) < 4.78 is 10.7. The molecule has 0 unspecified atom stereocenters. The first-order valence-corrected chi connectivity index (χ1v) is 8.33. The predicted molar refractivity (Wildman–Crippen MR) is 91.5 cm³/mol. The number of nitrogens with zero attached hydrogens (tertiary/aromatic N) is 4. The number of anilines is 1. The van der Waals surface area contributed by atoms with Gasteiger partial charge in [-0.1, -0.05) is 35.5 Å². The summed E-state index contributed by atoms with van der Waals surface area (Å²) in [4.78, 5) is 16.6. The van der Waals surface area contributed by atoms with Gasteiger partial charge >= 0.3 is 0 Å². The molecule has 9 heteroatoms. The Balaban J connectivity index is 1.69. The highest BCUT2D eigenvalue weighted by atomic mass is 35.5. The van der Waals surface area contributed by atoms with Crippen molar-refractivity contribution in [3.63, 3.8) is 0 Å². The van der Waals surface area contributed by atoms with Crippen molar-refractivity contribution in [1.29, 1.82) is 0 Å². The molecule has 2 heterocycles. The van der Waals surface area contributed by atoms with Gasteiger partial charge in [0.05, 0.1) is 11.9 Å². The van der Waals surface area contributed by atoms with E-state index in [0.29, 0.717) is 33.4 Å². The van der Waals surface area contributed by atoms with E-state index in [1.807, 2.05) is 18.2 Å². The molecule has 0 atom stereocenters. The highest BCUT2D eigenvalue weighted by Crippen LogP contribution is 2.26. The zero-order valence-electron chi connectivity index (χ0n) is 12.8. The molecular weight excluding hydrogens is 350 g/mol. The number of nitrogens with two attached hydrogens (primary N) is 1. The number of halogens is 1. The van der Waals surface area contributed by atoms with Crippen molar-refractivity contribution in [2.24, 2.45) is 0 Å².